The first-order valence-corrected chi connectivity index (χ1v) is 11.0. The van der Waals surface area contributed by atoms with Gasteiger partial charge in [0.15, 0.2) is 0 Å². The van der Waals surface area contributed by atoms with Crippen molar-refractivity contribution in [2.45, 2.75) is 45.1 Å². The number of aromatic nitrogens is 2. The second-order valence-electron chi connectivity index (χ2n) is 7.29. The van der Waals surface area contributed by atoms with Crippen LogP contribution in [0.4, 0.5) is 0 Å². The molecule has 3 aromatic rings. The van der Waals surface area contributed by atoms with Crippen LogP contribution in [0.1, 0.15) is 44.6 Å². The minimum atomic E-state index is 0.397. The number of ether oxygens (including phenoxy) is 1. The van der Waals surface area contributed by atoms with Gasteiger partial charge < -0.3 is 4.74 Å². The average molecular weight is 407 g/mol. The zero-order chi connectivity index (χ0) is 20.1. The second kappa shape index (κ2) is 9.18. The molecule has 1 aliphatic rings. The third kappa shape index (κ3) is 4.65. The molecule has 0 N–H and O–H groups in total. The predicted molar refractivity (Wildman–Crippen MR) is 119 cm³/mol. The van der Waals surface area contributed by atoms with Crippen molar-refractivity contribution in [2.24, 2.45) is 10.1 Å². The van der Waals surface area contributed by atoms with E-state index in [0.717, 1.165) is 33.1 Å². The van der Waals surface area contributed by atoms with E-state index in [0.29, 0.717) is 6.04 Å². The van der Waals surface area contributed by atoms with Crippen molar-refractivity contribution >= 4 is 17.0 Å². The zero-order valence-corrected chi connectivity index (χ0v) is 17.7. The van der Waals surface area contributed by atoms with Gasteiger partial charge in [0, 0.05) is 28.9 Å². The summed E-state index contributed by atoms with van der Waals surface area (Å²) in [6, 6.07) is 12.5. The van der Waals surface area contributed by atoms with Crippen LogP contribution >= 0.6 is 11.3 Å². The zero-order valence-electron chi connectivity index (χ0n) is 16.9. The quantitative estimate of drug-likeness (QED) is 0.552. The van der Waals surface area contributed by atoms with Crippen LogP contribution < -0.4 is 9.54 Å². The van der Waals surface area contributed by atoms with Crippen molar-refractivity contribution in [3.8, 4) is 17.0 Å². The van der Waals surface area contributed by atoms with Crippen LogP contribution in [0.5, 0.6) is 5.75 Å². The van der Waals surface area contributed by atoms with Gasteiger partial charge in [0.05, 0.1) is 24.6 Å². The number of hydrogen-bond donors (Lipinski definition) is 0. The maximum absolute atomic E-state index is 5.31. The first-order chi connectivity index (χ1) is 14.2. The van der Waals surface area contributed by atoms with E-state index in [1.807, 2.05) is 35.9 Å². The Balaban J connectivity index is 1.79. The highest BCUT2D eigenvalue weighted by molar-refractivity contribution is 7.07. The van der Waals surface area contributed by atoms with Gasteiger partial charge in [0.1, 0.15) is 5.75 Å². The summed E-state index contributed by atoms with van der Waals surface area (Å²) in [5.41, 5.74) is 4.13. The van der Waals surface area contributed by atoms with E-state index in [9.17, 15) is 0 Å². The van der Waals surface area contributed by atoms with Crippen molar-refractivity contribution < 1.29 is 4.74 Å². The van der Waals surface area contributed by atoms with E-state index in [4.69, 9.17) is 14.8 Å². The number of nitrogens with zero attached hydrogens (tertiary/aromatic N) is 4. The molecule has 0 amide bonds. The third-order valence-electron chi connectivity index (χ3n) is 5.29. The summed E-state index contributed by atoms with van der Waals surface area (Å²) < 4.78 is 7.30. The van der Waals surface area contributed by atoms with Gasteiger partial charge in [-0.05, 0) is 56.2 Å². The molecule has 150 valence electrons. The van der Waals surface area contributed by atoms with Gasteiger partial charge in [-0.3, -0.25) is 9.98 Å². The molecule has 0 radical (unpaired) electrons. The minimum absolute atomic E-state index is 0.397. The molecule has 29 heavy (non-hydrogen) atoms. The Bertz CT molecular complexity index is 1030. The Labute approximate surface area is 175 Å². The molecule has 0 aliphatic heterocycles. The fourth-order valence-corrected chi connectivity index (χ4v) is 4.51. The van der Waals surface area contributed by atoms with E-state index >= 15 is 0 Å². The third-order valence-corrected chi connectivity index (χ3v) is 6.12. The molecule has 1 aliphatic carbocycles. The van der Waals surface area contributed by atoms with Gasteiger partial charge >= 0.3 is 0 Å². The fraction of sp³-hybridized carbons (Fsp3) is 0.348. The van der Waals surface area contributed by atoms with Crippen LogP contribution in [0.2, 0.25) is 0 Å². The molecule has 1 saturated carbocycles. The molecule has 0 bridgehead atoms. The van der Waals surface area contributed by atoms with Gasteiger partial charge in [0.25, 0.3) is 0 Å². The number of benzene rings is 1. The summed E-state index contributed by atoms with van der Waals surface area (Å²) in [5.74, 6) is 0.846. The topological polar surface area (TPSA) is 51.8 Å². The van der Waals surface area contributed by atoms with Crippen LogP contribution in [0.25, 0.3) is 11.3 Å². The lowest BCUT2D eigenvalue weighted by molar-refractivity contribution is 0.415. The van der Waals surface area contributed by atoms with E-state index in [1.54, 1.807) is 30.8 Å². The largest absolute Gasteiger partial charge is 0.497 e. The van der Waals surface area contributed by atoms with Crippen LogP contribution in [0, 0.1) is 0 Å². The lowest BCUT2D eigenvalue weighted by Gasteiger charge is -2.17. The molecule has 4 rings (SSSR count). The molecule has 1 aromatic carbocycles. The minimum Gasteiger partial charge on any atom is -0.497 e. The van der Waals surface area contributed by atoms with Crippen molar-refractivity contribution in [1.82, 2.24) is 9.66 Å². The van der Waals surface area contributed by atoms with E-state index in [1.165, 1.54) is 32.1 Å². The predicted octanol–water partition coefficient (Wildman–Crippen LogP) is 5.13. The normalized spacial score (nSPS) is 16.2. The van der Waals surface area contributed by atoms with Gasteiger partial charge in [-0.2, -0.15) is 5.10 Å². The summed E-state index contributed by atoms with van der Waals surface area (Å²) in [4.78, 5) is 10.1. The van der Waals surface area contributed by atoms with Crippen LogP contribution in [0.3, 0.4) is 0 Å². The number of hydrogen-bond acceptors (Lipinski definition) is 5. The molecule has 0 atom stereocenters. The lowest BCUT2D eigenvalue weighted by Crippen LogP contribution is -2.19. The van der Waals surface area contributed by atoms with Crippen LogP contribution in [-0.4, -0.2) is 28.5 Å². The summed E-state index contributed by atoms with van der Waals surface area (Å²) >= 11 is 1.66. The lowest BCUT2D eigenvalue weighted by atomic mass is 9.96. The molecular weight excluding hydrogens is 380 g/mol. The second-order valence-corrected chi connectivity index (χ2v) is 8.12. The Morgan fingerprint density at radius 3 is 2.48 bits per heavy atom. The average Bonchev–Trinajstić information content (AvgIpc) is 3.17. The number of thiazole rings is 1. The smallest absolute Gasteiger partial charge is 0.206 e. The first-order valence-electron chi connectivity index (χ1n) is 10.1. The Morgan fingerprint density at radius 1 is 1.07 bits per heavy atom. The van der Waals surface area contributed by atoms with Crippen molar-refractivity contribution in [3.05, 3.63) is 64.5 Å². The molecule has 0 saturated heterocycles. The van der Waals surface area contributed by atoms with E-state index in [2.05, 4.69) is 22.5 Å². The van der Waals surface area contributed by atoms with Crippen molar-refractivity contribution in [1.29, 1.82) is 0 Å². The van der Waals surface area contributed by atoms with E-state index in [-0.39, 0.29) is 0 Å². The van der Waals surface area contributed by atoms with Gasteiger partial charge in [0.2, 0.25) is 4.80 Å². The number of pyridine rings is 1. The highest BCUT2D eigenvalue weighted by Crippen LogP contribution is 2.24. The Kier molecular flexibility index (Phi) is 6.20. The summed E-state index contributed by atoms with van der Waals surface area (Å²) in [6.45, 7) is 2.03. The van der Waals surface area contributed by atoms with Gasteiger partial charge in [-0.25, -0.2) is 4.68 Å². The highest BCUT2D eigenvalue weighted by atomic mass is 32.1. The monoisotopic (exact) mass is 406 g/mol. The highest BCUT2D eigenvalue weighted by Gasteiger charge is 2.14. The SMILES string of the molecule is COc1ccc(-c2csc(=NC3CCCCC3)n2N=C(C)c2ccncc2)cc1. The molecular formula is C23H26N4OS. The summed E-state index contributed by atoms with van der Waals surface area (Å²) in [5, 5.41) is 7.11. The Morgan fingerprint density at radius 2 is 1.79 bits per heavy atom. The maximum atomic E-state index is 5.31. The standard InChI is InChI=1S/C23H26N4OS/c1-17(18-12-14-24-15-13-18)26-27-22(19-8-10-21(28-2)11-9-19)16-29-23(27)25-20-6-4-3-5-7-20/h8-16,20H,3-7H2,1-2H3. The molecule has 1 fully saturated rings. The fourth-order valence-electron chi connectivity index (χ4n) is 3.61. The molecule has 2 aromatic heterocycles. The maximum Gasteiger partial charge on any atom is 0.206 e. The number of methoxy groups -OCH3 is 1. The van der Waals surface area contributed by atoms with Crippen molar-refractivity contribution in [2.75, 3.05) is 7.11 Å². The first kappa shape index (κ1) is 19.6. The summed E-state index contributed by atoms with van der Waals surface area (Å²) in [7, 11) is 1.68. The summed E-state index contributed by atoms with van der Waals surface area (Å²) in [6.07, 6.45) is 9.79. The van der Waals surface area contributed by atoms with Crippen molar-refractivity contribution in [3.63, 3.8) is 0 Å². The molecule has 0 spiro atoms. The van der Waals surface area contributed by atoms with E-state index < -0.39 is 0 Å². The molecule has 5 nitrogen and oxygen atoms in total. The Hall–Kier alpha value is -2.73. The van der Waals surface area contributed by atoms with Crippen LogP contribution in [-0.2, 0) is 0 Å². The molecule has 2 heterocycles. The number of rotatable bonds is 5. The van der Waals surface area contributed by atoms with Gasteiger partial charge in [-0.15, -0.1) is 11.3 Å². The van der Waals surface area contributed by atoms with Crippen LogP contribution in [0.15, 0.2) is 64.3 Å². The van der Waals surface area contributed by atoms with Gasteiger partial charge in [-0.1, -0.05) is 19.3 Å². The molecule has 6 heteroatoms. The molecule has 0 unspecified atom stereocenters.